The molecule has 0 aromatic heterocycles. The van der Waals surface area contributed by atoms with Gasteiger partial charge in [0.25, 0.3) is 0 Å². The zero-order valence-electron chi connectivity index (χ0n) is 5.33. The molecule has 0 N–H and O–H groups in total. The summed E-state index contributed by atoms with van der Waals surface area (Å²) >= 11 is 0. The third-order valence-corrected chi connectivity index (χ3v) is 0.882. The molecule has 2 heteroatoms. The van der Waals surface area contributed by atoms with E-state index in [4.69, 9.17) is 0 Å². The fraction of sp³-hybridized carbons (Fsp3) is 0.833. The minimum atomic E-state index is 0. The molecule has 0 unspecified atom stereocenters. The predicted molar refractivity (Wildman–Crippen MR) is 30.2 cm³/mol. The summed E-state index contributed by atoms with van der Waals surface area (Å²) in [6.07, 6.45) is 2.94. The van der Waals surface area contributed by atoms with Gasteiger partial charge in [0.05, 0.1) is 0 Å². The van der Waals surface area contributed by atoms with Gasteiger partial charge in [-0.15, -0.1) is 0 Å². The second kappa shape index (κ2) is 7.19. The molecule has 8 heavy (non-hydrogen) atoms. The van der Waals surface area contributed by atoms with Crippen LogP contribution in [-0.4, -0.2) is 5.78 Å². The van der Waals surface area contributed by atoms with Crippen LogP contribution in [0.1, 0.15) is 33.1 Å². The third-order valence-electron chi connectivity index (χ3n) is 0.882. The van der Waals surface area contributed by atoms with Gasteiger partial charge in [0, 0.05) is 23.5 Å². The van der Waals surface area contributed by atoms with E-state index >= 15 is 0 Å². The van der Waals surface area contributed by atoms with Gasteiger partial charge in [-0.05, 0) is 13.3 Å². The van der Waals surface area contributed by atoms with Crippen molar-refractivity contribution in [2.24, 2.45) is 0 Å². The molecule has 0 atom stereocenters. The molecule has 0 aliphatic heterocycles. The van der Waals surface area contributed by atoms with Crippen LogP contribution >= 0.6 is 0 Å². The molecule has 0 amide bonds. The van der Waals surface area contributed by atoms with Crippen molar-refractivity contribution in [3.63, 3.8) is 0 Å². The maximum atomic E-state index is 10.2. The van der Waals surface area contributed by atoms with Crippen molar-refractivity contribution in [1.29, 1.82) is 0 Å². The Morgan fingerprint density at radius 3 is 2.12 bits per heavy atom. The summed E-state index contributed by atoms with van der Waals surface area (Å²) < 4.78 is 0. The van der Waals surface area contributed by atoms with Crippen LogP contribution < -0.4 is 0 Å². The van der Waals surface area contributed by atoms with E-state index < -0.39 is 0 Å². The zero-order valence-corrected chi connectivity index (χ0v) is 6.27. The molecule has 0 aromatic carbocycles. The summed E-state index contributed by atoms with van der Waals surface area (Å²) in [6.45, 7) is 3.72. The molecule has 0 aliphatic rings. The van der Waals surface area contributed by atoms with E-state index in [1.54, 1.807) is 6.92 Å². The topological polar surface area (TPSA) is 17.1 Å². The Hall–Kier alpha value is 0.189. The predicted octanol–water partition coefficient (Wildman–Crippen LogP) is 1.76. The Morgan fingerprint density at radius 2 is 2.00 bits per heavy atom. The first-order valence-corrected chi connectivity index (χ1v) is 2.76. The fourth-order valence-electron chi connectivity index (χ4n) is 0.426. The second-order valence-corrected chi connectivity index (χ2v) is 1.81. The number of rotatable bonds is 3. The number of unbranched alkanes of at least 4 members (excludes halogenated alkanes) is 1. The average Bonchev–Trinajstić information content (AvgIpc) is 1.61. The van der Waals surface area contributed by atoms with Gasteiger partial charge in [-0.25, -0.2) is 0 Å². The molecule has 0 heterocycles. The Labute approximate surface area is 61.3 Å². The molecule has 1 radical (unpaired) electrons. The molecular formula is C6H12CuO. The first-order valence-electron chi connectivity index (χ1n) is 2.76. The summed E-state index contributed by atoms with van der Waals surface area (Å²) in [4.78, 5) is 10.2. The molecule has 0 spiro atoms. The van der Waals surface area contributed by atoms with Crippen LogP contribution in [0.25, 0.3) is 0 Å². The monoisotopic (exact) mass is 163 g/mol. The molecular weight excluding hydrogens is 152 g/mol. The first-order chi connectivity index (χ1) is 3.27. The van der Waals surface area contributed by atoms with Gasteiger partial charge in [0.2, 0.25) is 0 Å². The Kier molecular flexibility index (Phi) is 9.93. The van der Waals surface area contributed by atoms with Crippen LogP contribution in [0.5, 0.6) is 0 Å². The molecule has 0 fully saturated rings. The standard InChI is InChI=1S/C6H12O.Cu/c1-3-4-5-6(2)7;/h3-5H2,1-2H3;. The van der Waals surface area contributed by atoms with E-state index in [2.05, 4.69) is 6.92 Å². The molecule has 0 aromatic rings. The van der Waals surface area contributed by atoms with E-state index in [1.807, 2.05) is 0 Å². The summed E-state index contributed by atoms with van der Waals surface area (Å²) in [5, 5.41) is 0. The van der Waals surface area contributed by atoms with Gasteiger partial charge >= 0.3 is 0 Å². The van der Waals surface area contributed by atoms with Gasteiger partial charge < -0.3 is 4.79 Å². The molecule has 0 saturated heterocycles. The minimum Gasteiger partial charge on any atom is -0.300 e. The van der Waals surface area contributed by atoms with Crippen molar-refractivity contribution in [3.8, 4) is 0 Å². The first kappa shape index (κ1) is 11.0. The van der Waals surface area contributed by atoms with Crippen molar-refractivity contribution < 1.29 is 21.9 Å². The minimum absolute atomic E-state index is 0. The molecule has 0 saturated carbocycles. The van der Waals surface area contributed by atoms with Crippen LogP contribution in [0, 0.1) is 0 Å². The van der Waals surface area contributed by atoms with Crippen LogP contribution in [0.3, 0.4) is 0 Å². The van der Waals surface area contributed by atoms with Crippen molar-refractivity contribution in [2.45, 2.75) is 33.1 Å². The Bertz CT molecular complexity index is 61.5. The summed E-state index contributed by atoms with van der Waals surface area (Å²) in [6, 6.07) is 0. The summed E-state index contributed by atoms with van der Waals surface area (Å²) in [7, 11) is 0. The summed E-state index contributed by atoms with van der Waals surface area (Å²) in [5.74, 6) is 0.307. The maximum Gasteiger partial charge on any atom is 0.129 e. The average molecular weight is 164 g/mol. The molecule has 53 valence electrons. The number of hydrogen-bond donors (Lipinski definition) is 0. The van der Waals surface area contributed by atoms with Gasteiger partial charge in [0.1, 0.15) is 5.78 Å². The molecule has 1 nitrogen and oxygen atoms in total. The number of Topliss-reactive ketones (excluding diaryl/α,β-unsaturated/α-hetero) is 1. The number of ketones is 1. The van der Waals surface area contributed by atoms with E-state index in [9.17, 15) is 4.79 Å². The molecule has 0 rings (SSSR count). The SMILES string of the molecule is CCCCC(C)=O.[Cu]. The number of hydrogen-bond acceptors (Lipinski definition) is 1. The molecule has 0 aliphatic carbocycles. The molecule has 0 bridgehead atoms. The maximum absolute atomic E-state index is 10.2. The van der Waals surface area contributed by atoms with Gasteiger partial charge in [-0.1, -0.05) is 13.3 Å². The van der Waals surface area contributed by atoms with Gasteiger partial charge in [-0.2, -0.15) is 0 Å². The van der Waals surface area contributed by atoms with E-state index in [0.717, 1.165) is 19.3 Å². The van der Waals surface area contributed by atoms with Crippen molar-refractivity contribution in [2.75, 3.05) is 0 Å². The van der Waals surface area contributed by atoms with E-state index in [1.165, 1.54) is 0 Å². The van der Waals surface area contributed by atoms with Crippen LogP contribution in [-0.2, 0) is 21.9 Å². The van der Waals surface area contributed by atoms with E-state index in [0.29, 0.717) is 5.78 Å². The largest absolute Gasteiger partial charge is 0.300 e. The number of carbonyl (C=O) groups is 1. The van der Waals surface area contributed by atoms with Gasteiger partial charge in [0.15, 0.2) is 0 Å². The number of carbonyl (C=O) groups excluding carboxylic acids is 1. The Morgan fingerprint density at radius 1 is 1.50 bits per heavy atom. The fourth-order valence-corrected chi connectivity index (χ4v) is 0.426. The normalized spacial score (nSPS) is 7.75. The van der Waals surface area contributed by atoms with Crippen LogP contribution in [0.2, 0.25) is 0 Å². The smallest absolute Gasteiger partial charge is 0.129 e. The van der Waals surface area contributed by atoms with Crippen molar-refractivity contribution >= 4 is 5.78 Å². The summed E-state index contributed by atoms with van der Waals surface area (Å²) in [5.41, 5.74) is 0. The quantitative estimate of drug-likeness (QED) is 0.580. The third kappa shape index (κ3) is 9.50. The Balaban J connectivity index is 0. The van der Waals surface area contributed by atoms with E-state index in [-0.39, 0.29) is 17.1 Å². The second-order valence-electron chi connectivity index (χ2n) is 1.81. The van der Waals surface area contributed by atoms with Crippen molar-refractivity contribution in [1.82, 2.24) is 0 Å². The zero-order chi connectivity index (χ0) is 5.70. The van der Waals surface area contributed by atoms with Crippen LogP contribution in [0.4, 0.5) is 0 Å². The van der Waals surface area contributed by atoms with Gasteiger partial charge in [-0.3, -0.25) is 0 Å². The van der Waals surface area contributed by atoms with Crippen LogP contribution in [0.15, 0.2) is 0 Å². The van der Waals surface area contributed by atoms with Crippen molar-refractivity contribution in [3.05, 3.63) is 0 Å².